The highest BCUT2D eigenvalue weighted by atomic mass is 16.6. The van der Waals surface area contributed by atoms with Gasteiger partial charge in [-0.15, -0.1) is 0 Å². The maximum atomic E-state index is 13.2. The Morgan fingerprint density at radius 2 is 1.47 bits per heavy atom. The van der Waals surface area contributed by atoms with E-state index in [1.165, 1.54) is 6.42 Å². The smallest absolute Gasteiger partial charge is 0.325 e. The van der Waals surface area contributed by atoms with Crippen LogP contribution >= 0.6 is 0 Å². The zero-order valence-corrected chi connectivity index (χ0v) is 17.9. The molecule has 2 bridgehead atoms. The molecule has 1 aromatic rings. The number of carbonyl (C=O) groups excluding carboxylic acids is 2. The number of quaternary nitrogens is 1. The Hall–Kier alpha value is -1.92. The summed E-state index contributed by atoms with van der Waals surface area (Å²) in [5.74, 6) is -1.96. The first-order chi connectivity index (χ1) is 14.4. The van der Waals surface area contributed by atoms with Gasteiger partial charge in [0.25, 0.3) is 0 Å². The van der Waals surface area contributed by atoms with Crippen LogP contribution < -0.4 is 0 Å². The van der Waals surface area contributed by atoms with Crippen molar-refractivity contribution in [2.45, 2.75) is 87.4 Å². The zero-order chi connectivity index (χ0) is 20.9. The molecular weight excluding hydrogens is 382 g/mol. The Balaban J connectivity index is 1.29. The molecule has 30 heavy (non-hydrogen) atoms. The molecule has 0 amide bonds. The molecule has 2 unspecified atom stereocenters. The summed E-state index contributed by atoms with van der Waals surface area (Å²) in [7, 11) is 4.49. The average Bonchev–Trinajstić information content (AvgIpc) is 3.48. The number of piperidine rings is 1. The molecule has 1 aliphatic carbocycles. The zero-order valence-electron chi connectivity index (χ0n) is 17.9. The maximum absolute atomic E-state index is 13.2. The fraction of sp³-hybridized carbons (Fsp3) is 0.667. The molecule has 3 heterocycles. The summed E-state index contributed by atoms with van der Waals surface area (Å²) in [6.07, 6.45) is 7.01. The molecule has 1 aromatic carbocycles. The fourth-order valence-corrected chi connectivity index (χ4v) is 5.96. The van der Waals surface area contributed by atoms with Crippen molar-refractivity contribution in [3.05, 3.63) is 35.9 Å². The van der Waals surface area contributed by atoms with Crippen LogP contribution in [0, 0.1) is 0 Å². The molecular formula is C24H32NO5+. The summed E-state index contributed by atoms with van der Waals surface area (Å²) in [6.45, 7) is 0. The van der Waals surface area contributed by atoms with Gasteiger partial charge in [0.1, 0.15) is 36.5 Å². The molecule has 0 N–H and O–H groups in total. The van der Waals surface area contributed by atoms with E-state index in [-0.39, 0.29) is 12.2 Å². The van der Waals surface area contributed by atoms with Gasteiger partial charge >= 0.3 is 11.9 Å². The number of benzene rings is 1. The number of hydrogen-bond donors (Lipinski definition) is 0. The molecule has 162 valence electrons. The summed E-state index contributed by atoms with van der Waals surface area (Å²) in [6, 6.07) is 9.89. The Labute approximate surface area is 178 Å². The molecule has 0 aromatic heterocycles. The van der Waals surface area contributed by atoms with Gasteiger partial charge < -0.3 is 18.7 Å². The standard InChI is InChI=1S/C24H32NO5/c1-25(2)18-13-17(14-19(25)22-21(18)30-22)29-24(27)20(15-9-5-3-6-10-15)23(26)28-16-11-7-4-8-12-16/h3,5-6,9-10,16-22H,4,7-8,11-14H2,1-2H3/q+1/t17?,18-,19+,20?,21-,22+. The van der Waals surface area contributed by atoms with E-state index in [9.17, 15) is 9.59 Å². The van der Waals surface area contributed by atoms with Gasteiger partial charge in [-0.1, -0.05) is 36.8 Å². The first kappa shape index (κ1) is 20.0. The number of carbonyl (C=O) groups is 2. The van der Waals surface area contributed by atoms with Crippen molar-refractivity contribution in [3.8, 4) is 0 Å². The van der Waals surface area contributed by atoms with E-state index in [1.807, 2.05) is 30.3 Å². The van der Waals surface area contributed by atoms with Gasteiger partial charge in [-0.25, -0.2) is 0 Å². The number of esters is 2. The van der Waals surface area contributed by atoms with Gasteiger partial charge in [-0.05, 0) is 31.2 Å². The van der Waals surface area contributed by atoms with Crippen LogP contribution in [0.1, 0.15) is 56.4 Å². The van der Waals surface area contributed by atoms with Crippen LogP contribution in [-0.2, 0) is 23.8 Å². The van der Waals surface area contributed by atoms with Gasteiger partial charge in [0, 0.05) is 12.8 Å². The average molecular weight is 415 g/mol. The van der Waals surface area contributed by atoms with Crippen molar-refractivity contribution in [1.82, 2.24) is 0 Å². The van der Waals surface area contributed by atoms with E-state index in [1.54, 1.807) is 0 Å². The van der Waals surface area contributed by atoms with E-state index in [4.69, 9.17) is 14.2 Å². The second kappa shape index (κ2) is 7.65. The first-order valence-corrected chi connectivity index (χ1v) is 11.4. The van der Waals surface area contributed by atoms with Crippen LogP contribution in [0.4, 0.5) is 0 Å². The maximum Gasteiger partial charge on any atom is 0.325 e. The van der Waals surface area contributed by atoms with E-state index in [2.05, 4.69) is 14.1 Å². The van der Waals surface area contributed by atoms with Gasteiger partial charge in [0.05, 0.1) is 14.1 Å². The topological polar surface area (TPSA) is 65.1 Å². The number of epoxide rings is 1. The van der Waals surface area contributed by atoms with Crippen molar-refractivity contribution in [1.29, 1.82) is 0 Å². The van der Waals surface area contributed by atoms with Crippen molar-refractivity contribution >= 4 is 11.9 Å². The third-order valence-electron chi connectivity index (χ3n) is 7.76. The Morgan fingerprint density at radius 3 is 2.07 bits per heavy atom. The highest BCUT2D eigenvalue weighted by Gasteiger charge is 2.70. The minimum atomic E-state index is -1.01. The molecule has 5 rings (SSSR count). The van der Waals surface area contributed by atoms with Crippen LogP contribution in [0.2, 0.25) is 0 Å². The normalized spacial score (nSPS) is 35.2. The Morgan fingerprint density at radius 1 is 0.900 bits per heavy atom. The SMILES string of the molecule is C[N+]1(C)[C@@H]2CC(OC(=O)C(C(=O)OC3CCCCC3)c3ccccc3)C[C@H]1[C@@H]1O[C@@H]12. The lowest BCUT2D eigenvalue weighted by molar-refractivity contribution is -0.938. The van der Waals surface area contributed by atoms with Crippen molar-refractivity contribution in [3.63, 3.8) is 0 Å². The first-order valence-electron chi connectivity index (χ1n) is 11.4. The molecule has 3 aliphatic heterocycles. The molecule has 4 fully saturated rings. The van der Waals surface area contributed by atoms with Gasteiger partial charge in [0.2, 0.25) is 0 Å². The number of fused-ring (bicyclic) bond motifs is 5. The number of ether oxygens (including phenoxy) is 3. The minimum Gasteiger partial charge on any atom is -0.461 e. The van der Waals surface area contributed by atoms with Crippen molar-refractivity contribution < 1.29 is 28.3 Å². The lowest BCUT2D eigenvalue weighted by atomic mass is 9.95. The molecule has 0 spiro atoms. The summed E-state index contributed by atoms with van der Waals surface area (Å²) >= 11 is 0. The summed E-state index contributed by atoms with van der Waals surface area (Å²) < 4.78 is 18.5. The lowest BCUT2D eigenvalue weighted by Gasteiger charge is -2.45. The van der Waals surface area contributed by atoms with E-state index in [0.717, 1.165) is 43.0 Å². The minimum absolute atomic E-state index is 0.0850. The Kier molecular flexibility index (Phi) is 5.10. The second-order valence-electron chi connectivity index (χ2n) is 9.90. The van der Waals surface area contributed by atoms with E-state index in [0.29, 0.717) is 29.9 Å². The molecule has 3 saturated heterocycles. The highest BCUT2D eigenvalue weighted by Crippen LogP contribution is 2.51. The monoisotopic (exact) mass is 414 g/mol. The van der Waals surface area contributed by atoms with Crippen LogP contribution in [0.25, 0.3) is 0 Å². The molecule has 6 nitrogen and oxygen atoms in total. The number of nitrogens with zero attached hydrogens (tertiary/aromatic N) is 1. The summed E-state index contributed by atoms with van der Waals surface area (Å²) in [4.78, 5) is 26.3. The second-order valence-corrected chi connectivity index (χ2v) is 9.90. The molecule has 6 heteroatoms. The molecule has 0 radical (unpaired) electrons. The highest BCUT2D eigenvalue weighted by molar-refractivity contribution is 6.01. The summed E-state index contributed by atoms with van der Waals surface area (Å²) in [5.41, 5.74) is 0.643. The van der Waals surface area contributed by atoms with Crippen LogP contribution in [0.3, 0.4) is 0 Å². The van der Waals surface area contributed by atoms with E-state index < -0.39 is 17.9 Å². The van der Waals surface area contributed by atoms with Gasteiger partial charge in [0.15, 0.2) is 5.92 Å². The largest absolute Gasteiger partial charge is 0.461 e. The predicted molar refractivity (Wildman–Crippen MR) is 110 cm³/mol. The van der Waals surface area contributed by atoms with Crippen LogP contribution in [0.15, 0.2) is 30.3 Å². The quantitative estimate of drug-likeness (QED) is 0.321. The van der Waals surface area contributed by atoms with Crippen molar-refractivity contribution in [2.75, 3.05) is 14.1 Å². The number of likely N-dealkylation sites (N-methyl/N-ethyl adjacent to an activating group) is 1. The fourth-order valence-electron chi connectivity index (χ4n) is 5.96. The Bertz CT molecular complexity index is 783. The van der Waals surface area contributed by atoms with E-state index >= 15 is 0 Å². The van der Waals surface area contributed by atoms with Crippen LogP contribution in [0.5, 0.6) is 0 Å². The van der Waals surface area contributed by atoms with Crippen molar-refractivity contribution in [2.24, 2.45) is 0 Å². The third kappa shape index (κ3) is 3.54. The predicted octanol–water partition coefficient (Wildman–Crippen LogP) is 2.95. The molecule has 4 aliphatic rings. The third-order valence-corrected chi connectivity index (χ3v) is 7.76. The lowest BCUT2D eigenvalue weighted by Crippen LogP contribution is -2.60. The molecule has 6 atom stereocenters. The number of morpholine rings is 1. The number of hydrogen-bond acceptors (Lipinski definition) is 5. The number of rotatable bonds is 5. The van der Waals surface area contributed by atoms with Crippen LogP contribution in [-0.4, -0.2) is 67.0 Å². The molecule has 1 saturated carbocycles. The van der Waals surface area contributed by atoms with Gasteiger partial charge in [-0.2, -0.15) is 0 Å². The van der Waals surface area contributed by atoms with Gasteiger partial charge in [-0.3, -0.25) is 9.59 Å². The summed E-state index contributed by atoms with van der Waals surface area (Å²) in [5, 5.41) is 0.